The van der Waals surface area contributed by atoms with Gasteiger partial charge in [-0.3, -0.25) is 4.79 Å². The van der Waals surface area contributed by atoms with E-state index in [0.29, 0.717) is 22.2 Å². The van der Waals surface area contributed by atoms with Crippen molar-refractivity contribution in [2.24, 2.45) is 0 Å². The molecule has 0 saturated heterocycles. The van der Waals surface area contributed by atoms with Crippen LogP contribution in [0.2, 0.25) is 10.0 Å². The van der Waals surface area contributed by atoms with Gasteiger partial charge in [-0.15, -0.1) is 0 Å². The number of nitrogens with one attached hydrogen (secondary N) is 1. The third-order valence-electron chi connectivity index (χ3n) is 2.78. The highest BCUT2D eigenvalue weighted by molar-refractivity contribution is 6.37. The topological polar surface area (TPSA) is 72.7 Å². The number of benzene rings is 1. The van der Waals surface area contributed by atoms with Crippen molar-refractivity contribution in [1.29, 1.82) is 0 Å². The molecule has 0 bridgehead atoms. The van der Waals surface area contributed by atoms with Gasteiger partial charge in [-0.25, -0.2) is 14.6 Å². The minimum Gasteiger partial charge on any atom is -0.319 e. The number of hydrogen-bond acceptors (Lipinski definition) is 4. The van der Waals surface area contributed by atoms with E-state index in [0.717, 1.165) is 0 Å². The molecule has 3 rings (SSSR count). The van der Waals surface area contributed by atoms with Crippen molar-refractivity contribution >= 4 is 34.8 Å². The highest BCUT2D eigenvalue weighted by Gasteiger charge is 2.11. The first-order valence-electron chi connectivity index (χ1n) is 6.22. The monoisotopic (exact) mass is 333 g/mol. The van der Waals surface area contributed by atoms with Crippen LogP contribution in [0, 0.1) is 0 Å². The molecule has 0 saturated carbocycles. The Labute approximate surface area is 135 Å². The zero-order valence-corrected chi connectivity index (χ0v) is 12.6. The summed E-state index contributed by atoms with van der Waals surface area (Å²) in [6.07, 6.45) is 6.33. The maximum atomic E-state index is 12.1. The van der Waals surface area contributed by atoms with Crippen LogP contribution in [0.3, 0.4) is 0 Å². The van der Waals surface area contributed by atoms with Crippen LogP contribution in [-0.2, 0) is 0 Å². The lowest BCUT2D eigenvalue weighted by molar-refractivity contribution is 0.102. The Balaban J connectivity index is 1.77. The van der Waals surface area contributed by atoms with Crippen molar-refractivity contribution in [3.05, 3.63) is 64.7 Å². The van der Waals surface area contributed by atoms with Gasteiger partial charge in [-0.2, -0.15) is 5.10 Å². The van der Waals surface area contributed by atoms with Crippen LogP contribution in [0.1, 0.15) is 10.4 Å². The molecule has 8 heteroatoms. The Hall–Kier alpha value is -2.44. The first kappa shape index (κ1) is 14.5. The van der Waals surface area contributed by atoms with Crippen LogP contribution in [-0.4, -0.2) is 25.7 Å². The lowest BCUT2D eigenvalue weighted by Gasteiger charge is -2.07. The maximum Gasteiger partial charge on any atom is 0.257 e. The van der Waals surface area contributed by atoms with Crippen molar-refractivity contribution in [3.63, 3.8) is 0 Å². The highest BCUT2D eigenvalue weighted by Crippen LogP contribution is 2.21. The molecule has 2 heterocycles. The highest BCUT2D eigenvalue weighted by atomic mass is 35.5. The van der Waals surface area contributed by atoms with Gasteiger partial charge >= 0.3 is 0 Å². The average molecular weight is 334 g/mol. The molecule has 6 nitrogen and oxygen atoms in total. The molecule has 0 aliphatic carbocycles. The first-order chi connectivity index (χ1) is 10.6. The molecule has 1 amide bonds. The van der Waals surface area contributed by atoms with E-state index in [1.165, 1.54) is 23.1 Å². The fourth-order valence-corrected chi connectivity index (χ4v) is 2.26. The van der Waals surface area contributed by atoms with Gasteiger partial charge in [-0.05, 0) is 24.3 Å². The summed E-state index contributed by atoms with van der Waals surface area (Å²) >= 11 is 11.8. The van der Waals surface area contributed by atoms with E-state index < -0.39 is 0 Å². The molecule has 110 valence electrons. The second-order valence-electron chi connectivity index (χ2n) is 4.30. The summed E-state index contributed by atoms with van der Waals surface area (Å²) in [5.74, 6) is 0.0460. The van der Waals surface area contributed by atoms with Crippen molar-refractivity contribution in [3.8, 4) is 5.95 Å². The van der Waals surface area contributed by atoms with Crippen LogP contribution in [0.25, 0.3) is 5.95 Å². The lowest BCUT2D eigenvalue weighted by Crippen LogP contribution is -2.13. The summed E-state index contributed by atoms with van der Waals surface area (Å²) in [6.45, 7) is 0. The predicted octanol–water partition coefficient (Wildman–Crippen LogP) is 3.22. The van der Waals surface area contributed by atoms with Gasteiger partial charge < -0.3 is 5.32 Å². The Bertz CT molecular complexity index is 803. The molecular weight excluding hydrogens is 325 g/mol. The maximum absolute atomic E-state index is 12.1. The Kier molecular flexibility index (Phi) is 4.04. The second kappa shape index (κ2) is 6.13. The average Bonchev–Trinajstić information content (AvgIpc) is 3.02. The van der Waals surface area contributed by atoms with Crippen LogP contribution in [0.15, 0.2) is 49.1 Å². The van der Waals surface area contributed by atoms with Gasteiger partial charge in [0.25, 0.3) is 11.9 Å². The molecular formula is C14H9Cl2N5O. The molecule has 0 aliphatic heterocycles. The van der Waals surface area contributed by atoms with Gasteiger partial charge in [0.05, 0.1) is 28.7 Å². The minimum atomic E-state index is -0.364. The molecule has 1 aromatic carbocycles. The lowest BCUT2D eigenvalue weighted by atomic mass is 10.2. The largest absolute Gasteiger partial charge is 0.319 e. The van der Waals surface area contributed by atoms with Crippen molar-refractivity contribution in [2.75, 3.05) is 5.32 Å². The van der Waals surface area contributed by atoms with Crippen LogP contribution in [0.5, 0.6) is 0 Å². The smallest absolute Gasteiger partial charge is 0.257 e. The molecule has 0 spiro atoms. The third kappa shape index (κ3) is 3.08. The van der Waals surface area contributed by atoms with E-state index in [1.807, 2.05) is 0 Å². The van der Waals surface area contributed by atoms with E-state index in [2.05, 4.69) is 20.4 Å². The van der Waals surface area contributed by atoms with E-state index in [4.69, 9.17) is 23.2 Å². The van der Waals surface area contributed by atoms with Crippen molar-refractivity contribution in [1.82, 2.24) is 19.7 Å². The van der Waals surface area contributed by atoms with E-state index in [9.17, 15) is 4.79 Å². The number of carbonyl (C=O) groups excluding carboxylic acids is 1. The molecule has 0 aliphatic rings. The zero-order chi connectivity index (χ0) is 15.5. The number of anilines is 1. The number of aromatic nitrogens is 4. The fourth-order valence-electron chi connectivity index (χ4n) is 1.76. The number of amides is 1. The molecule has 0 atom stereocenters. The summed E-state index contributed by atoms with van der Waals surface area (Å²) in [6, 6.07) is 6.43. The van der Waals surface area contributed by atoms with Crippen LogP contribution >= 0.6 is 23.2 Å². The normalized spacial score (nSPS) is 10.5. The van der Waals surface area contributed by atoms with Crippen molar-refractivity contribution in [2.45, 2.75) is 0 Å². The SMILES string of the molecule is O=C(Nc1cnc(-n2cccn2)nc1)c1ccc(Cl)cc1Cl. The van der Waals surface area contributed by atoms with E-state index >= 15 is 0 Å². The van der Waals surface area contributed by atoms with Gasteiger partial charge in [0.1, 0.15) is 0 Å². The summed E-state index contributed by atoms with van der Waals surface area (Å²) in [5, 5.41) is 7.43. The summed E-state index contributed by atoms with van der Waals surface area (Å²) < 4.78 is 1.52. The minimum absolute atomic E-state index is 0.277. The molecule has 0 unspecified atom stereocenters. The van der Waals surface area contributed by atoms with Crippen LogP contribution < -0.4 is 5.32 Å². The van der Waals surface area contributed by atoms with Gasteiger partial charge in [0, 0.05) is 17.4 Å². The quantitative estimate of drug-likeness (QED) is 0.798. The number of hydrogen-bond donors (Lipinski definition) is 1. The number of carbonyl (C=O) groups is 1. The second-order valence-corrected chi connectivity index (χ2v) is 5.14. The summed E-state index contributed by atoms with van der Waals surface area (Å²) in [5.41, 5.74) is 0.772. The molecule has 22 heavy (non-hydrogen) atoms. The van der Waals surface area contributed by atoms with E-state index in [-0.39, 0.29) is 10.9 Å². The van der Waals surface area contributed by atoms with E-state index in [1.54, 1.807) is 30.6 Å². The molecule has 1 N–H and O–H groups in total. The van der Waals surface area contributed by atoms with Gasteiger partial charge in [0.15, 0.2) is 0 Å². The van der Waals surface area contributed by atoms with Crippen molar-refractivity contribution < 1.29 is 4.79 Å². The first-order valence-corrected chi connectivity index (χ1v) is 6.97. The molecule has 0 radical (unpaired) electrons. The third-order valence-corrected chi connectivity index (χ3v) is 3.33. The summed E-state index contributed by atoms with van der Waals surface area (Å²) in [4.78, 5) is 20.4. The van der Waals surface area contributed by atoms with Gasteiger partial charge in [-0.1, -0.05) is 23.2 Å². The zero-order valence-electron chi connectivity index (χ0n) is 11.1. The fraction of sp³-hybridized carbons (Fsp3) is 0. The Morgan fingerprint density at radius 2 is 1.95 bits per heavy atom. The number of nitrogens with zero attached hydrogens (tertiary/aromatic N) is 4. The Morgan fingerprint density at radius 1 is 1.18 bits per heavy atom. The Morgan fingerprint density at radius 3 is 2.59 bits per heavy atom. The molecule has 2 aromatic heterocycles. The van der Waals surface area contributed by atoms with Gasteiger partial charge in [0.2, 0.25) is 0 Å². The predicted molar refractivity (Wildman–Crippen MR) is 83.6 cm³/mol. The standard InChI is InChI=1S/C14H9Cl2N5O/c15-9-2-3-11(12(16)6-9)13(22)20-10-7-17-14(18-8-10)21-5-1-4-19-21/h1-8H,(H,20,22). The number of halogens is 2. The van der Waals surface area contributed by atoms with Crippen LogP contribution in [0.4, 0.5) is 5.69 Å². The number of rotatable bonds is 3. The molecule has 3 aromatic rings. The molecule has 0 fully saturated rings. The summed E-state index contributed by atoms with van der Waals surface area (Å²) in [7, 11) is 0.